The molecule has 1 aliphatic heterocycles. The van der Waals surface area contributed by atoms with Gasteiger partial charge in [-0.05, 0) is 44.9 Å². The second-order valence-corrected chi connectivity index (χ2v) is 11.4. The van der Waals surface area contributed by atoms with Crippen LogP contribution in [0.4, 0.5) is 9.18 Å². The van der Waals surface area contributed by atoms with Crippen LogP contribution in [0.3, 0.4) is 0 Å². The van der Waals surface area contributed by atoms with Gasteiger partial charge in [-0.3, -0.25) is 4.18 Å². The Balaban J connectivity index is 1.95. The zero-order chi connectivity index (χ0) is 26.5. The Kier molecular flexibility index (Phi) is 9.10. The van der Waals surface area contributed by atoms with Crippen molar-refractivity contribution >= 4 is 16.2 Å². The number of morpholine rings is 1. The highest BCUT2D eigenvalue weighted by Gasteiger charge is 2.35. The van der Waals surface area contributed by atoms with Crippen LogP contribution in [-0.2, 0) is 28.5 Å². The molecule has 2 aromatic rings. The molecule has 36 heavy (non-hydrogen) atoms. The van der Waals surface area contributed by atoms with Gasteiger partial charge in [-0.2, -0.15) is 8.42 Å². The molecule has 0 N–H and O–H groups in total. The van der Waals surface area contributed by atoms with Gasteiger partial charge in [0, 0.05) is 12.1 Å². The van der Waals surface area contributed by atoms with Gasteiger partial charge in [-0.1, -0.05) is 42.0 Å². The number of carbonyl (C=O) groups is 1. The maximum Gasteiger partial charge on any atom is 0.410 e. The molecule has 0 spiro atoms. The van der Waals surface area contributed by atoms with Crippen LogP contribution in [0.15, 0.2) is 42.5 Å². The minimum absolute atomic E-state index is 0.0895. The summed E-state index contributed by atoms with van der Waals surface area (Å²) in [6.45, 7) is 7.70. The second kappa shape index (κ2) is 11.7. The van der Waals surface area contributed by atoms with E-state index in [-0.39, 0.29) is 26.4 Å². The average molecular weight is 524 g/mol. The normalized spacial score (nSPS) is 17.6. The first-order valence-electron chi connectivity index (χ1n) is 11.7. The Bertz CT molecular complexity index is 1160. The van der Waals surface area contributed by atoms with Gasteiger partial charge in [0.25, 0.3) is 10.1 Å². The Morgan fingerprint density at radius 2 is 1.92 bits per heavy atom. The minimum Gasteiger partial charge on any atom is -0.444 e. The summed E-state index contributed by atoms with van der Waals surface area (Å²) >= 11 is 0. The van der Waals surface area contributed by atoms with Crippen LogP contribution >= 0.6 is 0 Å². The van der Waals surface area contributed by atoms with Crippen LogP contribution < -0.4 is 0 Å². The zero-order valence-corrected chi connectivity index (χ0v) is 22.1. The molecule has 1 unspecified atom stereocenters. The Morgan fingerprint density at radius 1 is 1.19 bits per heavy atom. The largest absolute Gasteiger partial charge is 0.444 e. The third kappa shape index (κ3) is 7.99. The summed E-state index contributed by atoms with van der Waals surface area (Å²) < 4.78 is 60.4. The van der Waals surface area contributed by atoms with Gasteiger partial charge < -0.3 is 19.1 Å². The van der Waals surface area contributed by atoms with Crippen LogP contribution in [0.1, 0.15) is 38.0 Å². The van der Waals surface area contributed by atoms with Gasteiger partial charge in [0.2, 0.25) is 0 Å². The van der Waals surface area contributed by atoms with Crippen LogP contribution in [0, 0.1) is 12.7 Å². The van der Waals surface area contributed by atoms with E-state index in [4.69, 9.17) is 18.4 Å². The van der Waals surface area contributed by atoms with Gasteiger partial charge in [-0.15, -0.1) is 0 Å². The van der Waals surface area contributed by atoms with Gasteiger partial charge in [0.1, 0.15) is 23.6 Å². The topological polar surface area (TPSA) is 91.4 Å². The first-order chi connectivity index (χ1) is 16.8. The molecule has 0 radical (unpaired) electrons. The smallest absolute Gasteiger partial charge is 0.410 e. The average Bonchev–Trinajstić information content (AvgIpc) is 2.77. The van der Waals surface area contributed by atoms with Crippen molar-refractivity contribution in [1.82, 2.24) is 4.90 Å². The molecular weight excluding hydrogens is 489 g/mol. The lowest BCUT2D eigenvalue weighted by molar-refractivity contribution is -0.115. The number of benzene rings is 2. The van der Waals surface area contributed by atoms with Crippen molar-refractivity contribution in [3.05, 3.63) is 59.4 Å². The van der Waals surface area contributed by atoms with Crippen molar-refractivity contribution in [3.8, 4) is 11.1 Å². The molecule has 198 valence electrons. The molecule has 1 saturated heterocycles. The molecule has 1 amide bonds. The molecule has 2 aromatic carbocycles. The van der Waals surface area contributed by atoms with Crippen molar-refractivity contribution in [3.63, 3.8) is 0 Å². The molecule has 10 heteroatoms. The van der Waals surface area contributed by atoms with Crippen LogP contribution in [0.5, 0.6) is 0 Å². The molecule has 0 saturated carbocycles. The molecule has 3 rings (SSSR count). The third-order valence-electron chi connectivity index (χ3n) is 5.42. The SMILES string of the molecule is Cc1cccc(-c2c(F)cccc2[C@H](OCCOS(C)(=O)=O)C2CN(C(=O)OC(C)(C)C)CCO2)c1. The number of nitrogens with zero attached hydrogens (tertiary/aromatic N) is 1. The Morgan fingerprint density at radius 3 is 2.58 bits per heavy atom. The van der Waals surface area contributed by atoms with E-state index in [0.717, 1.165) is 11.8 Å². The van der Waals surface area contributed by atoms with Crippen LogP contribution in [0.25, 0.3) is 11.1 Å². The minimum atomic E-state index is -3.65. The van der Waals surface area contributed by atoms with Crippen LogP contribution in [-0.4, -0.2) is 70.3 Å². The van der Waals surface area contributed by atoms with Crippen LogP contribution in [0.2, 0.25) is 0 Å². The van der Waals surface area contributed by atoms with Gasteiger partial charge in [0.15, 0.2) is 0 Å². The highest BCUT2D eigenvalue weighted by Crippen LogP contribution is 2.36. The van der Waals surface area contributed by atoms with Gasteiger partial charge in [0.05, 0.1) is 32.6 Å². The summed E-state index contributed by atoms with van der Waals surface area (Å²) in [5, 5.41) is 0. The molecular formula is C26H34FNO7S. The fourth-order valence-electron chi connectivity index (χ4n) is 3.99. The molecule has 1 fully saturated rings. The summed E-state index contributed by atoms with van der Waals surface area (Å²) in [6.07, 6.45) is -0.997. The number of rotatable bonds is 8. The standard InChI is InChI=1S/C26H34FNO7S/c1-18-8-6-9-19(16-18)23-20(10-7-11-21(23)27)24(33-14-15-34-36(5,30)31)22-17-28(12-13-32-22)25(29)35-26(2,3)4/h6-11,16,22,24H,12-15,17H2,1-5H3/t22?,24-/m0/s1. The highest BCUT2D eigenvalue weighted by molar-refractivity contribution is 7.85. The predicted molar refractivity (Wildman–Crippen MR) is 134 cm³/mol. The number of ether oxygens (including phenoxy) is 3. The number of amides is 1. The van der Waals surface area contributed by atoms with Crippen molar-refractivity contribution in [2.75, 3.05) is 39.2 Å². The molecule has 1 aliphatic rings. The van der Waals surface area contributed by atoms with Gasteiger partial charge >= 0.3 is 6.09 Å². The molecule has 1 heterocycles. The van der Waals surface area contributed by atoms with E-state index in [2.05, 4.69) is 0 Å². The number of carbonyl (C=O) groups excluding carboxylic acids is 1. The lowest BCUT2D eigenvalue weighted by Crippen LogP contribution is -2.49. The Labute approximate surface area is 212 Å². The fraction of sp³-hybridized carbons (Fsp3) is 0.500. The van der Waals surface area contributed by atoms with Crippen molar-refractivity contribution < 1.29 is 36.0 Å². The third-order valence-corrected chi connectivity index (χ3v) is 6.01. The van der Waals surface area contributed by atoms with E-state index < -0.39 is 39.8 Å². The van der Waals surface area contributed by atoms with Crippen molar-refractivity contribution in [2.45, 2.75) is 45.5 Å². The van der Waals surface area contributed by atoms with E-state index in [1.54, 1.807) is 32.9 Å². The fourth-order valence-corrected chi connectivity index (χ4v) is 4.36. The molecule has 0 aliphatic carbocycles. The molecule has 2 atom stereocenters. The van der Waals surface area contributed by atoms with Crippen molar-refractivity contribution in [2.24, 2.45) is 0 Å². The van der Waals surface area contributed by atoms with E-state index in [0.29, 0.717) is 23.2 Å². The number of halogens is 1. The monoisotopic (exact) mass is 523 g/mol. The van der Waals surface area contributed by atoms with E-state index in [9.17, 15) is 13.2 Å². The first-order valence-corrected chi connectivity index (χ1v) is 13.6. The predicted octanol–water partition coefficient (Wildman–Crippen LogP) is 4.47. The van der Waals surface area contributed by atoms with E-state index >= 15 is 4.39 Å². The quantitative estimate of drug-likeness (QED) is 0.372. The number of hydrogen-bond acceptors (Lipinski definition) is 7. The summed E-state index contributed by atoms with van der Waals surface area (Å²) in [6, 6.07) is 12.2. The summed E-state index contributed by atoms with van der Waals surface area (Å²) in [5.74, 6) is -0.432. The summed E-state index contributed by atoms with van der Waals surface area (Å²) in [7, 11) is -3.65. The molecule has 0 bridgehead atoms. The van der Waals surface area contributed by atoms with E-state index in [1.807, 2.05) is 31.2 Å². The maximum absolute atomic E-state index is 15.2. The lowest BCUT2D eigenvalue weighted by Gasteiger charge is -2.38. The highest BCUT2D eigenvalue weighted by atomic mass is 32.2. The Hall–Kier alpha value is -2.53. The maximum atomic E-state index is 15.2. The first kappa shape index (κ1) is 28.0. The number of aryl methyl sites for hydroxylation is 1. The van der Waals surface area contributed by atoms with Gasteiger partial charge in [-0.25, -0.2) is 9.18 Å². The zero-order valence-electron chi connectivity index (χ0n) is 21.3. The summed E-state index contributed by atoms with van der Waals surface area (Å²) in [5.41, 5.74) is 1.85. The lowest BCUT2D eigenvalue weighted by atomic mass is 9.92. The van der Waals surface area contributed by atoms with Crippen molar-refractivity contribution in [1.29, 1.82) is 0 Å². The molecule has 8 nitrogen and oxygen atoms in total. The second-order valence-electron chi connectivity index (χ2n) is 9.73. The summed E-state index contributed by atoms with van der Waals surface area (Å²) in [4.78, 5) is 14.3. The number of hydrogen-bond donors (Lipinski definition) is 0. The molecule has 0 aromatic heterocycles. The van der Waals surface area contributed by atoms with E-state index in [1.165, 1.54) is 11.0 Å².